The summed E-state index contributed by atoms with van der Waals surface area (Å²) in [6, 6.07) is 3.30. The number of nitrogens with two attached hydrogens (primary N) is 1. The van der Waals surface area contributed by atoms with Crippen molar-refractivity contribution in [2.75, 3.05) is 11.1 Å². The Labute approximate surface area is 123 Å². The molecule has 0 fully saturated rings. The number of hydrogen-bond acceptors (Lipinski definition) is 5. The van der Waals surface area contributed by atoms with Gasteiger partial charge in [0.25, 0.3) is 0 Å². The number of rotatable bonds is 2. The van der Waals surface area contributed by atoms with Gasteiger partial charge in [0.1, 0.15) is 11.6 Å². The van der Waals surface area contributed by atoms with Gasteiger partial charge < -0.3 is 11.1 Å². The summed E-state index contributed by atoms with van der Waals surface area (Å²) in [7, 11) is 0. The Hall–Kier alpha value is -1.83. The molecule has 0 aromatic carbocycles. The van der Waals surface area contributed by atoms with E-state index < -0.39 is 12.0 Å². The first-order chi connectivity index (χ1) is 9.93. The molecule has 2 aromatic heterocycles. The molecule has 1 aliphatic carbocycles. The molecule has 21 heavy (non-hydrogen) atoms. The highest BCUT2D eigenvalue weighted by atomic mass is 32.1. The average molecular weight is 314 g/mol. The fourth-order valence-corrected chi connectivity index (χ4v) is 3.47. The molecule has 1 atom stereocenters. The van der Waals surface area contributed by atoms with Gasteiger partial charge in [0.2, 0.25) is 5.82 Å². The van der Waals surface area contributed by atoms with Crippen LogP contribution in [0.4, 0.5) is 24.8 Å². The maximum absolute atomic E-state index is 12.7. The van der Waals surface area contributed by atoms with Crippen LogP contribution in [0.2, 0.25) is 0 Å². The van der Waals surface area contributed by atoms with Gasteiger partial charge >= 0.3 is 6.18 Å². The molecule has 0 radical (unpaired) electrons. The second-order valence-corrected chi connectivity index (χ2v) is 5.89. The lowest BCUT2D eigenvalue weighted by Crippen LogP contribution is -2.19. The van der Waals surface area contributed by atoms with E-state index in [1.807, 2.05) is 11.4 Å². The Morgan fingerprint density at radius 2 is 2.14 bits per heavy atom. The minimum absolute atomic E-state index is 0.0321. The second-order valence-electron chi connectivity index (χ2n) is 4.89. The summed E-state index contributed by atoms with van der Waals surface area (Å²) in [5, 5.41) is 5.05. The third-order valence-electron chi connectivity index (χ3n) is 3.37. The SMILES string of the molecule is Nc1cc(NC2CCCc3sccc32)nc(C(F)(F)F)n1. The predicted molar refractivity (Wildman–Crippen MR) is 75.1 cm³/mol. The van der Waals surface area contributed by atoms with Gasteiger partial charge in [-0.15, -0.1) is 11.3 Å². The first kappa shape index (κ1) is 14.1. The van der Waals surface area contributed by atoms with Crippen molar-refractivity contribution < 1.29 is 13.2 Å². The van der Waals surface area contributed by atoms with Crippen LogP contribution in [-0.4, -0.2) is 9.97 Å². The topological polar surface area (TPSA) is 63.8 Å². The Morgan fingerprint density at radius 1 is 1.33 bits per heavy atom. The molecule has 1 aliphatic rings. The molecule has 4 nitrogen and oxygen atoms in total. The molecular weight excluding hydrogens is 301 g/mol. The Morgan fingerprint density at radius 3 is 2.90 bits per heavy atom. The minimum Gasteiger partial charge on any atom is -0.384 e. The fourth-order valence-electron chi connectivity index (χ4n) is 2.48. The zero-order chi connectivity index (χ0) is 15.0. The van der Waals surface area contributed by atoms with Gasteiger partial charge in [-0.2, -0.15) is 13.2 Å². The van der Waals surface area contributed by atoms with Crippen molar-refractivity contribution in [3.63, 3.8) is 0 Å². The molecule has 3 N–H and O–H groups in total. The largest absolute Gasteiger partial charge is 0.451 e. The van der Waals surface area contributed by atoms with Crippen LogP contribution in [0.1, 0.15) is 35.1 Å². The van der Waals surface area contributed by atoms with Gasteiger partial charge in [0.05, 0.1) is 6.04 Å². The summed E-state index contributed by atoms with van der Waals surface area (Å²) >= 11 is 1.67. The van der Waals surface area contributed by atoms with Crippen molar-refractivity contribution in [2.45, 2.75) is 31.5 Å². The number of aromatic nitrogens is 2. The smallest absolute Gasteiger partial charge is 0.384 e. The van der Waals surface area contributed by atoms with Gasteiger partial charge in [-0.25, -0.2) is 9.97 Å². The predicted octanol–water partition coefficient (Wildman–Crippen LogP) is 3.63. The molecule has 0 bridgehead atoms. The first-order valence-corrected chi connectivity index (χ1v) is 7.36. The van der Waals surface area contributed by atoms with E-state index in [0.29, 0.717) is 0 Å². The van der Waals surface area contributed by atoms with Crippen molar-refractivity contribution in [3.05, 3.63) is 33.8 Å². The van der Waals surface area contributed by atoms with Gasteiger partial charge in [-0.3, -0.25) is 0 Å². The molecule has 8 heteroatoms. The molecule has 2 heterocycles. The van der Waals surface area contributed by atoms with Crippen LogP contribution in [0.25, 0.3) is 0 Å². The molecule has 3 rings (SSSR count). The highest BCUT2D eigenvalue weighted by Gasteiger charge is 2.35. The van der Waals surface area contributed by atoms with Gasteiger partial charge in [-0.05, 0) is 36.3 Å². The van der Waals surface area contributed by atoms with E-state index in [4.69, 9.17) is 5.73 Å². The summed E-state index contributed by atoms with van der Waals surface area (Å²) in [6.07, 6.45) is -1.73. The van der Waals surface area contributed by atoms with Crippen molar-refractivity contribution >= 4 is 23.0 Å². The van der Waals surface area contributed by atoms with E-state index in [1.54, 1.807) is 11.3 Å². The summed E-state index contributed by atoms with van der Waals surface area (Å²) in [6.45, 7) is 0. The van der Waals surface area contributed by atoms with Gasteiger partial charge in [-0.1, -0.05) is 0 Å². The lowest BCUT2D eigenvalue weighted by Gasteiger charge is -2.24. The number of anilines is 2. The summed E-state index contributed by atoms with van der Waals surface area (Å²) in [5.41, 5.74) is 6.58. The highest BCUT2D eigenvalue weighted by molar-refractivity contribution is 7.10. The standard InChI is InChI=1S/C13H13F3N4S/c14-13(15,16)12-19-10(17)6-11(20-12)18-8-2-1-3-9-7(8)4-5-21-9/h4-6,8H,1-3H2,(H3,17,18,19,20). The molecule has 2 aromatic rings. The zero-order valence-electron chi connectivity index (χ0n) is 10.9. The number of alkyl halides is 3. The minimum atomic E-state index is -4.61. The zero-order valence-corrected chi connectivity index (χ0v) is 11.8. The monoisotopic (exact) mass is 314 g/mol. The molecule has 1 unspecified atom stereocenters. The Kier molecular flexibility index (Phi) is 3.48. The van der Waals surface area contributed by atoms with E-state index in [9.17, 15) is 13.2 Å². The van der Waals surface area contributed by atoms with E-state index >= 15 is 0 Å². The molecule has 0 aliphatic heterocycles. The Balaban J connectivity index is 1.88. The lowest BCUT2D eigenvalue weighted by atomic mass is 9.94. The molecular formula is C13H13F3N4S. The van der Waals surface area contributed by atoms with Crippen LogP contribution < -0.4 is 11.1 Å². The quantitative estimate of drug-likeness (QED) is 0.888. The van der Waals surface area contributed by atoms with Crippen LogP contribution >= 0.6 is 11.3 Å². The lowest BCUT2D eigenvalue weighted by molar-refractivity contribution is -0.144. The van der Waals surface area contributed by atoms with Crippen molar-refractivity contribution in [3.8, 4) is 0 Å². The number of fused-ring (bicyclic) bond motifs is 1. The van der Waals surface area contributed by atoms with Crippen LogP contribution in [0, 0.1) is 0 Å². The van der Waals surface area contributed by atoms with Crippen molar-refractivity contribution in [1.82, 2.24) is 9.97 Å². The fraction of sp³-hybridized carbons (Fsp3) is 0.385. The third kappa shape index (κ3) is 2.94. The number of thiophene rings is 1. The van der Waals surface area contributed by atoms with Crippen LogP contribution in [0.15, 0.2) is 17.5 Å². The number of nitrogens with one attached hydrogen (secondary N) is 1. The molecule has 0 saturated heterocycles. The number of hydrogen-bond donors (Lipinski definition) is 2. The Bertz CT molecular complexity index is 653. The van der Waals surface area contributed by atoms with Crippen LogP contribution in [-0.2, 0) is 12.6 Å². The summed E-state index contributed by atoms with van der Waals surface area (Å²) in [5.74, 6) is -1.30. The summed E-state index contributed by atoms with van der Waals surface area (Å²) in [4.78, 5) is 8.04. The molecule has 0 amide bonds. The summed E-state index contributed by atoms with van der Waals surface area (Å²) < 4.78 is 38.1. The normalized spacial score (nSPS) is 18.3. The van der Waals surface area contributed by atoms with Gasteiger partial charge in [0.15, 0.2) is 0 Å². The number of aryl methyl sites for hydroxylation is 1. The number of halogens is 3. The van der Waals surface area contributed by atoms with E-state index in [-0.39, 0.29) is 17.7 Å². The third-order valence-corrected chi connectivity index (χ3v) is 4.37. The number of nitrogen functional groups attached to an aromatic ring is 1. The molecule has 0 saturated carbocycles. The van der Waals surface area contributed by atoms with Crippen LogP contribution in [0.3, 0.4) is 0 Å². The first-order valence-electron chi connectivity index (χ1n) is 6.48. The second kappa shape index (κ2) is 5.18. The van der Waals surface area contributed by atoms with Crippen LogP contribution in [0.5, 0.6) is 0 Å². The average Bonchev–Trinajstić information content (AvgIpc) is 2.86. The maximum atomic E-state index is 12.7. The van der Waals surface area contributed by atoms with Gasteiger partial charge in [0, 0.05) is 10.9 Å². The van der Waals surface area contributed by atoms with E-state index in [2.05, 4.69) is 15.3 Å². The molecule has 112 valence electrons. The van der Waals surface area contributed by atoms with Crippen molar-refractivity contribution in [1.29, 1.82) is 0 Å². The number of nitrogens with zero attached hydrogens (tertiary/aromatic N) is 2. The molecule has 0 spiro atoms. The van der Waals surface area contributed by atoms with Crippen molar-refractivity contribution in [2.24, 2.45) is 0 Å². The van der Waals surface area contributed by atoms with E-state index in [1.165, 1.54) is 10.9 Å². The van der Waals surface area contributed by atoms with E-state index in [0.717, 1.165) is 24.8 Å². The highest BCUT2D eigenvalue weighted by Crippen LogP contribution is 2.36. The maximum Gasteiger partial charge on any atom is 0.451 e.